The molecule has 1 aromatic carbocycles. The van der Waals surface area contributed by atoms with Crippen LogP contribution in [-0.2, 0) is 17.7 Å². The quantitative estimate of drug-likeness (QED) is 0.618. The minimum atomic E-state index is -0.256. The van der Waals surface area contributed by atoms with Crippen LogP contribution in [0.4, 0.5) is 10.6 Å². The van der Waals surface area contributed by atoms with Crippen LogP contribution in [0.15, 0.2) is 36.7 Å². The van der Waals surface area contributed by atoms with E-state index in [1.54, 1.807) is 17.9 Å². The molecule has 0 spiro atoms. The Labute approximate surface area is 146 Å². The predicted molar refractivity (Wildman–Crippen MR) is 97.9 cm³/mol. The molecule has 3 rings (SSSR count). The van der Waals surface area contributed by atoms with E-state index in [0.717, 1.165) is 11.9 Å². The van der Waals surface area contributed by atoms with Gasteiger partial charge in [-0.2, -0.15) is 5.10 Å². The number of aryl methyl sites for hydroxylation is 1. The molecule has 0 fully saturated rings. The van der Waals surface area contributed by atoms with Crippen molar-refractivity contribution in [1.82, 2.24) is 20.1 Å². The zero-order valence-electron chi connectivity index (χ0n) is 14.5. The zero-order chi connectivity index (χ0) is 17.6. The van der Waals surface area contributed by atoms with Gasteiger partial charge in [0.2, 0.25) is 0 Å². The summed E-state index contributed by atoms with van der Waals surface area (Å²) in [5.41, 5.74) is 3.57. The molecule has 0 saturated heterocycles. The van der Waals surface area contributed by atoms with Crippen LogP contribution in [0.5, 0.6) is 0 Å². The first kappa shape index (κ1) is 17.0. The van der Waals surface area contributed by atoms with Crippen molar-refractivity contribution in [3.63, 3.8) is 0 Å². The number of amides is 2. The molecule has 0 aliphatic heterocycles. The van der Waals surface area contributed by atoms with E-state index in [0.29, 0.717) is 25.5 Å². The Morgan fingerprint density at radius 3 is 3.08 bits per heavy atom. The zero-order valence-corrected chi connectivity index (χ0v) is 14.5. The van der Waals surface area contributed by atoms with Crippen LogP contribution < -0.4 is 10.6 Å². The summed E-state index contributed by atoms with van der Waals surface area (Å²) in [5, 5.41) is 11.1. The number of nitrogens with one attached hydrogen (secondary N) is 3. The van der Waals surface area contributed by atoms with Gasteiger partial charge in [-0.15, -0.1) is 0 Å². The van der Waals surface area contributed by atoms with Gasteiger partial charge in [0, 0.05) is 43.0 Å². The third-order valence-corrected chi connectivity index (χ3v) is 4.10. The van der Waals surface area contributed by atoms with Crippen LogP contribution in [0, 0.1) is 6.92 Å². The SMILES string of the molecule is COCCn1ccc(NC(=O)NCCc2c[nH]c3c(C)cccc23)n1. The van der Waals surface area contributed by atoms with Crippen molar-refractivity contribution in [2.45, 2.75) is 19.9 Å². The maximum Gasteiger partial charge on any atom is 0.320 e. The summed E-state index contributed by atoms with van der Waals surface area (Å²) >= 11 is 0. The van der Waals surface area contributed by atoms with Gasteiger partial charge in [0.1, 0.15) is 0 Å². The number of urea groups is 1. The minimum absolute atomic E-state index is 0.256. The van der Waals surface area contributed by atoms with E-state index in [1.807, 2.05) is 12.4 Å². The number of fused-ring (bicyclic) bond motifs is 1. The molecule has 3 N–H and O–H groups in total. The van der Waals surface area contributed by atoms with E-state index >= 15 is 0 Å². The van der Waals surface area contributed by atoms with E-state index in [2.05, 4.69) is 45.8 Å². The number of aromatic nitrogens is 3. The number of methoxy groups -OCH3 is 1. The highest BCUT2D eigenvalue weighted by atomic mass is 16.5. The van der Waals surface area contributed by atoms with Crippen LogP contribution in [-0.4, -0.2) is 41.1 Å². The third-order valence-electron chi connectivity index (χ3n) is 4.10. The number of H-pyrrole nitrogens is 1. The summed E-state index contributed by atoms with van der Waals surface area (Å²) in [6.07, 6.45) is 4.58. The summed E-state index contributed by atoms with van der Waals surface area (Å²) in [5.74, 6) is 0.524. The van der Waals surface area contributed by atoms with Crippen molar-refractivity contribution in [3.8, 4) is 0 Å². The first-order valence-corrected chi connectivity index (χ1v) is 8.30. The molecule has 0 bridgehead atoms. The molecule has 0 saturated carbocycles. The van der Waals surface area contributed by atoms with Crippen molar-refractivity contribution in [2.75, 3.05) is 25.6 Å². The second-order valence-corrected chi connectivity index (χ2v) is 5.90. The molecule has 132 valence electrons. The van der Waals surface area contributed by atoms with Gasteiger partial charge in [0.05, 0.1) is 13.2 Å². The number of benzene rings is 1. The molecular weight excluding hydrogens is 318 g/mol. The molecule has 7 nitrogen and oxygen atoms in total. The van der Waals surface area contributed by atoms with E-state index in [1.165, 1.54) is 16.5 Å². The second kappa shape index (κ2) is 7.85. The highest BCUT2D eigenvalue weighted by Gasteiger charge is 2.07. The van der Waals surface area contributed by atoms with E-state index < -0.39 is 0 Å². The Morgan fingerprint density at radius 1 is 1.36 bits per heavy atom. The Hall–Kier alpha value is -2.80. The van der Waals surface area contributed by atoms with Crippen LogP contribution in [0.1, 0.15) is 11.1 Å². The molecule has 25 heavy (non-hydrogen) atoms. The number of aromatic amines is 1. The Bertz CT molecular complexity index is 852. The molecule has 2 amide bonds. The van der Waals surface area contributed by atoms with Crippen LogP contribution in [0.3, 0.4) is 0 Å². The normalized spacial score (nSPS) is 11.0. The fourth-order valence-corrected chi connectivity index (χ4v) is 2.78. The van der Waals surface area contributed by atoms with Gasteiger partial charge in [-0.1, -0.05) is 18.2 Å². The first-order chi connectivity index (χ1) is 12.2. The fraction of sp³-hybridized carbons (Fsp3) is 0.333. The molecule has 0 aliphatic rings. The Morgan fingerprint density at radius 2 is 2.24 bits per heavy atom. The average molecular weight is 341 g/mol. The smallest absolute Gasteiger partial charge is 0.320 e. The molecular formula is C18H23N5O2. The number of hydrogen-bond donors (Lipinski definition) is 3. The third kappa shape index (κ3) is 4.19. The van der Waals surface area contributed by atoms with Gasteiger partial charge >= 0.3 is 6.03 Å². The number of carbonyl (C=O) groups excluding carboxylic acids is 1. The number of carbonyl (C=O) groups is 1. The van der Waals surface area contributed by atoms with Gasteiger partial charge in [-0.25, -0.2) is 4.79 Å². The average Bonchev–Trinajstić information content (AvgIpc) is 3.21. The maximum absolute atomic E-state index is 12.0. The summed E-state index contributed by atoms with van der Waals surface area (Å²) in [6, 6.07) is 7.74. The molecule has 7 heteroatoms. The summed E-state index contributed by atoms with van der Waals surface area (Å²) < 4.78 is 6.73. The van der Waals surface area contributed by atoms with Crippen molar-refractivity contribution in [3.05, 3.63) is 47.8 Å². The highest BCUT2D eigenvalue weighted by molar-refractivity contribution is 5.88. The number of nitrogens with zero attached hydrogens (tertiary/aromatic N) is 2. The van der Waals surface area contributed by atoms with Crippen molar-refractivity contribution < 1.29 is 9.53 Å². The maximum atomic E-state index is 12.0. The topological polar surface area (TPSA) is 84.0 Å². The predicted octanol–water partition coefficient (Wildman–Crippen LogP) is 2.68. The standard InChI is InChI=1S/C18H23N5O2/c1-13-4-3-5-15-14(12-20-17(13)15)6-8-19-18(24)21-16-7-9-23(22-16)10-11-25-2/h3-5,7,9,12,20H,6,8,10-11H2,1-2H3,(H2,19,21,22,24). The van der Waals surface area contributed by atoms with Gasteiger partial charge in [0.15, 0.2) is 5.82 Å². The fourth-order valence-electron chi connectivity index (χ4n) is 2.78. The number of anilines is 1. The molecule has 0 aliphatic carbocycles. The van der Waals surface area contributed by atoms with Crippen molar-refractivity contribution in [2.24, 2.45) is 0 Å². The number of ether oxygens (including phenoxy) is 1. The molecule has 0 atom stereocenters. The van der Waals surface area contributed by atoms with Gasteiger partial charge in [-0.05, 0) is 24.5 Å². The molecule has 0 radical (unpaired) electrons. The Kier molecular flexibility index (Phi) is 5.35. The lowest BCUT2D eigenvalue weighted by molar-refractivity contribution is 0.183. The lowest BCUT2D eigenvalue weighted by Crippen LogP contribution is -2.30. The van der Waals surface area contributed by atoms with Crippen LogP contribution in [0.2, 0.25) is 0 Å². The van der Waals surface area contributed by atoms with Crippen LogP contribution >= 0.6 is 0 Å². The largest absolute Gasteiger partial charge is 0.383 e. The molecule has 2 heterocycles. The summed E-state index contributed by atoms with van der Waals surface area (Å²) in [4.78, 5) is 15.3. The number of hydrogen-bond acceptors (Lipinski definition) is 3. The van der Waals surface area contributed by atoms with Crippen LogP contribution in [0.25, 0.3) is 10.9 Å². The molecule has 3 aromatic rings. The molecule has 0 unspecified atom stereocenters. The van der Waals surface area contributed by atoms with Gasteiger partial charge in [0.25, 0.3) is 0 Å². The van der Waals surface area contributed by atoms with Gasteiger partial charge < -0.3 is 15.0 Å². The minimum Gasteiger partial charge on any atom is -0.383 e. The summed E-state index contributed by atoms with van der Waals surface area (Å²) in [7, 11) is 1.64. The lowest BCUT2D eigenvalue weighted by atomic mass is 10.1. The Balaban J connectivity index is 1.49. The van der Waals surface area contributed by atoms with Gasteiger partial charge in [-0.3, -0.25) is 10.00 Å². The number of rotatable bonds is 7. The second-order valence-electron chi connectivity index (χ2n) is 5.90. The molecule has 2 aromatic heterocycles. The van der Waals surface area contributed by atoms with Crippen molar-refractivity contribution in [1.29, 1.82) is 0 Å². The lowest BCUT2D eigenvalue weighted by Gasteiger charge is -2.05. The van der Waals surface area contributed by atoms with E-state index in [9.17, 15) is 4.79 Å². The van der Waals surface area contributed by atoms with Crippen molar-refractivity contribution >= 4 is 22.8 Å². The number of para-hydroxylation sites is 1. The van der Waals surface area contributed by atoms with E-state index in [-0.39, 0.29) is 6.03 Å². The first-order valence-electron chi connectivity index (χ1n) is 8.30. The monoisotopic (exact) mass is 341 g/mol. The van der Waals surface area contributed by atoms with E-state index in [4.69, 9.17) is 4.74 Å². The summed E-state index contributed by atoms with van der Waals surface area (Å²) in [6.45, 7) is 3.87. The highest BCUT2D eigenvalue weighted by Crippen LogP contribution is 2.21.